The summed E-state index contributed by atoms with van der Waals surface area (Å²) in [7, 11) is 0. The number of Topliss-reactive ketones (excluding diaryl/α,β-unsaturated/α-hetero) is 1. The number of ketones is 1. The molecule has 0 amide bonds. The molecular formula is C27H21NO. The fourth-order valence-corrected chi connectivity index (χ4v) is 4.14. The van der Waals surface area contributed by atoms with Gasteiger partial charge in [-0.15, -0.1) is 0 Å². The monoisotopic (exact) mass is 375 g/mol. The highest BCUT2D eigenvalue weighted by atomic mass is 16.1. The van der Waals surface area contributed by atoms with E-state index in [0.717, 1.165) is 27.4 Å². The molecule has 4 aromatic carbocycles. The van der Waals surface area contributed by atoms with Gasteiger partial charge in [-0.1, -0.05) is 84.9 Å². The molecule has 2 nitrogen and oxygen atoms in total. The van der Waals surface area contributed by atoms with E-state index in [1.165, 1.54) is 10.9 Å². The topological polar surface area (TPSA) is 32.9 Å². The summed E-state index contributed by atoms with van der Waals surface area (Å²) in [6, 6.07) is 32.7. The lowest BCUT2D eigenvalue weighted by molar-refractivity contribution is 0.0978. The van der Waals surface area contributed by atoms with E-state index in [-0.39, 0.29) is 11.7 Å². The third kappa shape index (κ3) is 3.34. The van der Waals surface area contributed by atoms with Gasteiger partial charge in [0.1, 0.15) is 0 Å². The number of aromatic amines is 1. The van der Waals surface area contributed by atoms with Crippen molar-refractivity contribution in [1.29, 1.82) is 0 Å². The number of rotatable bonds is 5. The summed E-state index contributed by atoms with van der Waals surface area (Å²) in [6.45, 7) is 0. The van der Waals surface area contributed by atoms with Crippen LogP contribution in [-0.2, 0) is 0 Å². The maximum atomic E-state index is 13.3. The minimum Gasteiger partial charge on any atom is -0.361 e. The molecule has 29 heavy (non-hydrogen) atoms. The van der Waals surface area contributed by atoms with Crippen molar-refractivity contribution < 1.29 is 4.79 Å². The van der Waals surface area contributed by atoms with Crippen LogP contribution in [0.4, 0.5) is 0 Å². The number of fused-ring (bicyclic) bond motifs is 2. The van der Waals surface area contributed by atoms with Gasteiger partial charge in [0.25, 0.3) is 0 Å². The molecule has 1 N–H and O–H groups in total. The van der Waals surface area contributed by atoms with Crippen LogP contribution in [0.1, 0.15) is 33.8 Å². The molecular weight excluding hydrogens is 354 g/mol. The predicted octanol–water partition coefficient (Wildman–Crippen LogP) is 6.73. The zero-order chi connectivity index (χ0) is 19.6. The zero-order valence-corrected chi connectivity index (χ0v) is 16.0. The Kier molecular flexibility index (Phi) is 4.45. The normalized spacial score (nSPS) is 12.3. The molecule has 2 heteroatoms. The maximum Gasteiger partial charge on any atom is 0.163 e. The largest absolute Gasteiger partial charge is 0.361 e. The molecule has 5 aromatic rings. The average Bonchev–Trinajstić information content (AvgIpc) is 3.21. The summed E-state index contributed by atoms with van der Waals surface area (Å²) >= 11 is 0. The van der Waals surface area contributed by atoms with Crippen LogP contribution in [0.2, 0.25) is 0 Å². The van der Waals surface area contributed by atoms with Crippen LogP contribution < -0.4 is 0 Å². The quantitative estimate of drug-likeness (QED) is 0.340. The molecule has 0 radical (unpaired) electrons. The molecule has 0 fully saturated rings. The Balaban J connectivity index is 1.55. The summed E-state index contributed by atoms with van der Waals surface area (Å²) in [5.41, 5.74) is 4.19. The maximum absolute atomic E-state index is 13.3. The van der Waals surface area contributed by atoms with Crippen LogP contribution in [-0.4, -0.2) is 10.8 Å². The van der Waals surface area contributed by atoms with Crippen molar-refractivity contribution >= 4 is 27.5 Å². The Morgan fingerprint density at radius 3 is 2.34 bits per heavy atom. The number of H-pyrrole nitrogens is 1. The molecule has 0 bridgehead atoms. The van der Waals surface area contributed by atoms with Crippen molar-refractivity contribution in [2.75, 3.05) is 0 Å². The fraction of sp³-hybridized carbons (Fsp3) is 0.0741. The van der Waals surface area contributed by atoms with Crippen molar-refractivity contribution in [3.05, 3.63) is 120 Å². The lowest BCUT2D eigenvalue weighted by atomic mass is 9.85. The van der Waals surface area contributed by atoms with E-state index in [9.17, 15) is 4.79 Å². The van der Waals surface area contributed by atoms with Crippen LogP contribution in [0.25, 0.3) is 21.7 Å². The van der Waals surface area contributed by atoms with E-state index in [1.807, 2.05) is 60.7 Å². The van der Waals surface area contributed by atoms with E-state index >= 15 is 0 Å². The Bertz CT molecular complexity index is 1300. The third-order valence-corrected chi connectivity index (χ3v) is 5.66. The number of benzene rings is 4. The van der Waals surface area contributed by atoms with Gasteiger partial charge in [-0.2, -0.15) is 0 Å². The molecule has 1 aromatic heterocycles. The summed E-state index contributed by atoms with van der Waals surface area (Å²) in [5.74, 6) is 0.168. The van der Waals surface area contributed by atoms with E-state index in [4.69, 9.17) is 0 Å². The van der Waals surface area contributed by atoms with Crippen molar-refractivity contribution in [2.24, 2.45) is 0 Å². The first-order chi connectivity index (χ1) is 14.3. The molecule has 1 heterocycles. The van der Waals surface area contributed by atoms with Gasteiger partial charge >= 0.3 is 0 Å². The van der Waals surface area contributed by atoms with Gasteiger partial charge in [0.2, 0.25) is 0 Å². The van der Waals surface area contributed by atoms with Crippen molar-refractivity contribution in [3.8, 4) is 0 Å². The second-order valence-corrected chi connectivity index (χ2v) is 7.44. The van der Waals surface area contributed by atoms with Crippen LogP contribution in [0, 0.1) is 0 Å². The zero-order valence-electron chi connectivity index (χ0n) is 16.0. The number of aromatic nitrogens is 1. The van der Waals surface area contributed by atoms with Gasteiger partial charge in [0, 0.05) is 35.0 Å². The van der Waals surface area contributed by atoms with Crippen molar-refractivity contribution in [3.63, 3.8) is 0 Å². The fourth-order valence-electron chi connectivity index (χ4n) is 4.14. The first-order valence-corrected chi connectivity index (χ1v) is 9.92. The van der Waals surface area contributed by atoms with Gasteiger partial charge in [-0.25, -0.2) is 0 Å². The Morgan fingerprint density at radius 1 is 0.759 bits per heavy atom. The number of carbonyl (C=O) groups excluding carboxylic acids is 1. The smallest absolute Gasteiger partial charge is 0.163 e. The Morgan fingerprint density at radius 2 is 1.48 bits per heavy atom. The van der Waals surface area contributed by atoms with Gasteiger partial charge in [0.05, 0.1) is 0 Å². The first-order valence-electron chi connectivity index (χ1n) is 9.92. The lowest BCUT2D eigenvalue weighted by Crippen LogP contribution is -2.09. The predicted molar refractivity (Wildman–Crippen MR) is 119 cm³/mol. The molecule has 1 unspecified atom stereocenters. The van der Waals surface area contributed by atoms with Gasteiger partial charge < -0.3 is 4.98 Å². The van der Waals surface area contributed by atoms with E-state index < -0.39 is 0 Å². The van der Waals surface area contributed by atoms with Crippen LogP contribution in [0.15, 0.2) is 103 Å². The summed E-state index contributed by atoms with van der Waals surface area (Å²) in [5, 5.41) is 3.43. The van der Waals surface area contributed by atoms with E-state index in [0.29, 0.717) is 6.42 Å². The molecule has 0 aliphatic rings. The summed E-state index contributed by atoms with van der Waals surface area (Å²) in [6.07, 6.45) is 2.49. The van der Waals surface area contributed by atoms with Gasteiger partial charge in [0.15, 0.2) is 5.78 Å². The minimum absolute atomic E-state index is 0.00585. The summed E-state index contributed by atoms with van der Waals surface area (Å²) < 4.78 is 0. The van der Waals surface area contributed by atoms with Crippen LogP contribution in [0.5, 0.6) is 0 Å². The third-order valence-electron chi connectivity index (χ3n) is 5.66. The highest BCUT2D eigenvalue weighted by Crippen LogP contribution is 2.34. The number of hydrogen-bond donors (Lipinski definition) is 1. The number of hydrogen-bond acceptors (Lipinski definition) is 1. The van der Waals surface area contributed by atoms with Crippen molar-refractivity contribution in [1.82, 2.24) is 4.98 Å². The average molecular weight is 375 g/mol. The lowest BCUT2D eigenvalue weighted by Gasteiger charge is -2.17. The molecule has 5 rings (SSSR count). The number of nitrogens with one attached hydrogen (secondary N) is 1. The van der Waals surface area contributed by atoms with Crippen LogP contribution >= 0.6 is 0 Å². The molecule has 0 aliphatic heterocycles. The van der Waals surface area contributed by atoms with Gasteiger partial charge in [-0.3, -0.25) is 4.79 Å². The van der Waals surface area contributed by atoms with Gasteiger partial charge in [-0.05, 0) is 34.0 Å². The summed E-state index contributed by atoms with van der Waals surface area (Å²) in [4.78, 5) is 16.7. The molecule has 140 valence electrons. The minimum atomic E-state index is 0.00585. The molecule has 0 saturated heterocycles. The number of carbonyl (C=O) groups is 1. The highest BCUT2D eigenvalue weighted by molar-refractivity contribution is 6.01. The second-order valence-electron chi connectivity index (χ2n) is 7.44. The Hall–Kier alpha value is -3.65. The molecule has 0 saturated carbocycles. The number of para-hydroxylation sites is 1. The van der Waals surface area contributed by atoms with E-state index in [1.54, 1.807) is 0 Å². The van der Waals surface area contributed by atoms with E-state index in [2.05, 4.69) is 47.6 Å². The SMILES string of the molecule is O=C(CC(c1ccccc1)c1c[nH]c2ccccc12)c1ccc2ccccc2c1. The first kappa shape index (κ1) is 17.4. The highest BCUT2D eigenvalue weighted by Gasteiger charge is 2.22. The molecule has 1 atom stereocenters. The van der Waals surface area contributed by atoms with Crippen molar-refractivity contribution in [2.45, 2.75) is 12.3 Å². The molecule has 0 aliphatic carbocycles. The van der Waals surface area contributed by atoms with Crippen LogP contribution in [0.3, 0.4) is 0 Å². The second kappa shape index (κ2) is 7.40. The molecule has 0 spiro atoms. The Labute approximate surface area is 169 Å². The standard InChI is InChI=1S/C27H21NO/c29-27(22-15-14-19-8-4-5-11-21(19)16-22)17-24(20-9-2-1-3-10-20)25-18-28-26-13-7-6-12-23(25)26/h1-16,18,24,28H,17H2.